The summed E-state index contributed by atoms with van der Waals surface area (Å²) in [6, 6.07) is 6.22. The van der Waals surface area contributed by atoms with Gasteiger partial charge in [-0.25, -0.2) is 8.78 Å². The van der Waals surface area contributed by atoms with Gasteiger partial charge in [-0.15, -0.1) is 0 Å². The average molecular weight is 236 g/mol. The van der Waals surface area contributed by atoms with E-state index in [0.29, 0.717) is 11.3 Å². The highest BCUT2D eigenvalue weighted by atomic mass is 19.3. The highest BCUT2D eigenvalue weighted by Crippen LogP contribution is 2.35. The van der Waals surface area contributed by atoms with Crippen molar-refractivity contribution >= 4 is 17.8 Å². The van der Waals surface area contributed by atoms with E-state index in [-0.39, 0.29) is 12.3 Å². The largest absolute Gasteiger partial charge is 0.324 e. The van der Waals surface area contributed by atoms with E-state index in [1.54, 1.807) is 24.3 Å². The second-order valence-corrected chi connectivity index (χ2v) is 4.36. The van der Waals surface area contributed by atoms with E-state index >= 15 is 0 Å². The standard InChI is InChI=1S/C12H10F2N2O/c13-12(14)5-8-6-15-10-4-2-1-3-9(10)11(17)16(8)7-12/h1-4,6,8H,5,7H2. The Morgan fingerprint density at radius 3 is 2.94 bits per heavy atom. The number of carbonyl (C=O) groups excluding carboxylic acids is 1. The zero-order chi connectivity index (χ0) is 12.0. The maximum Gasteiger partial charge on any atom is 0.267 e. The average Bonchev–Trinajstić information content (AvgIpc) is 2.55. The highest BCUT2D eigenvalue weighted by molar-refractivity contribution is 6.02. The van der Waals surface area contributed by atoms with Crippen molar-refractivity contribution in [2.24, 2.45) is 4.99 Å². The molecule has 3 rings (SSSR count). The zero-order valence-electron chi connectivity index (χ0n) is 8.94. The summed E-state index contributed by atoms with van der Waals surface area (Å²) in [5.41, 5.74) is 0.944. The number of benzene rings is 1. The Labute approximate surface area is 96.8 Å². The summed E-state index contributed by atoms with van der Waals surface area (Å²) in [6.07, 6.45) is 1.11. The first-order valence-corrected chi connectivity index (χ1v) is 5.39. The molecule has 0 N–H and O–H groups in total. The van der Waals surface area contributed by atoms with Crippen LogP contribution >= 0.6 is 0 Å². The Hall–Kier alpha value is -1.78. The normalized spacial score (nSPS) is 25.4. The van der Waals surface area contributed by atoms with Crippen LogP contribution in [0.3, 0.4) is 0 Å². The maximum absolute atomic E-state index is 13.3. The molecular formula is C12H10F2N2O. The molecule has 0 aliphatic carbocycles. The number of rotatable bonds is 0. The molecule has 0 aromatic heterocycles. The number of nitrogens with zero attached hydrogens (tertiary/aromatic N) is 2. The summed E-state index contributed by atoms with van der Waals surface area (Å²) < 4.78 is 26.5. The maximum atomic E-state index is 13.3. The van der Waals surface area contributed by atoms with Gasteiger partial charge in [-0.3, -0.25) is 9.79 Å². The van der Waals surface area contributed by atoms with Gasteiger partial charge < -0.3 is 4.90 Å². The van der Waals surface area contributed by atoms with Gasteiger partial charge in [0.2, 0.25) is 0 Å². The summed E-state index contributed by atoms with van der Waals surface area (Å²) in [5.74, 6) is -3.17. The number of carbonyl (C=O) groups is 1. The van der Waals surface area contributed by atoms with Crippen LogP contribution in [-0.4, -0.2) is 35.5 Å². The second-order valence-electron chi connectivity index (χ2n) is 4.36. The van der Waals surface area contributed by atoms with Gasteiger partial charge in [0, 0.05) is 12.6 Å². The van der Waals surface area contributed by atoms with Gasteiger partial charge >= 0.3 is 0 Å². The van der Waals surface area contributed by atoms with Crippen molar-refractivity contribution in [3.63, 3.8) is 0 Å². The lowest BCUT2D eigenvalue weighted by Crippen LogP contribution is -2.36. The monoisotopic (exact) mass is 236 g/mol. The Morgan fingerprint density at radius 1 is 1.35 bits per heavy atom. The minimum atomic E-state index is -2.81. The topological polar surface area (TPSA) is 32.7 Å². The zero-order valence-corrected chi connectivity index (χ0v) is 8.94. The van der Waals surface area contributed by atoms with Crippen molar-refractivity contribution in [2.75, 3.05) is 6.54 Å². The molecule has 0 bridgehead atoms. The van der Waals surface area contributed by atoms with Crippen molar-refractivity contribution in [1.82, 2.24) is 4.90 Å². The van der Waals surface area contributed by atoms with E-state index in [2.05, 4.69) is 4.99 Å². The lowest BCUT2D eigenvalue weighted by atomic mass is 10.1. The van der Waals surface area contributed by atoms with Crippen molar-refractivity contribution in [2.45, 2.75) is 18.4 Å². The third kappa shape index (κ3) is 1.62. The molecule has 88 valence electrons. The molecule has 17 heavy (non-hydrogen) atoms. The second kappa shape index (κ2) is 3.35. The Balaban J connectivity index is 2.06. The van der Waals surface area contributed by atoms with Gasteiger partial charge in [-0.2, -0.15) is 0 Å². The lowest BCUT2D eigenvalue weighted by molar-refractivity contribution is 0.0119. The fourth-order valence-corrected chi connectivity index (χ4v) is 2.29. The van der Waals surface area contributed by atoms with Crippen molar-refractivity contribution in [1.29, 1.82) is 0 Å². The minimum Gasteiger partial charge on any atom is -0.324 e. The molecule has 1 atom stereocenters. The number of hydrogen-bond donors (Lipinski definition) is 0. The van der Waals surface area contributed by atoms with Gasteiger partial charge in [0.05, 0.1) is 23.8 Å². The molecule has 1 saturated heterocycles. The molecule has 0 radical (unpaired) electrons. The molecular weight excluding hydrogens is 226 g/mol. The molecule has 2 aliphatic rings. The predicted molar refractivity (Wildman–Crippen MR) is 59.0 cm³/mol. The van der Waals surface area contributed by atoms with Gasteiger partial charge in [0.1, 0.15) is 0 Å². The molecule has 1 fully saturated rings. The number of fused-ring (bicyclic) bond motifs is 2. The number of aliphatic imine (C=N–C) groups is 1. The molecule has 1 unspecified atom stereocenters. The highest BCUT2D eigenvalue weighted by Gasteiger charge is 2.47. The number of para-hydroxylation sites is 1. The van der Waals surface area contributed by atoms with Crippen molar-refractivity contribution in [3.05, 3.63) is 29.8 Å². The van der Waals surface area contributed by atoms with E-state index in [0.717, 1.165) is 0 Å². The number of hydrogen-bond acceptors (Lipinski definition) is 2. The van der Waals surface area contributed by atoms with Crippen LogP contribution < -0.4 is 0 Å². The molecule has 3 nitrogen and oxygen atoms in total. The minimum absolute atomic E-state index is 0.337. The van der Waals surface area contributed by atoms with Crippen LogP contribution in [0.5, 0.6) is 0 Å². The van der Waals surface area contributed by atoms with Crippen LogP contribution in [0.1, 0.15) is 16.8 Å². The van der Waals surface area contributed by atoms with E-state index in [4.69, 9.17) is 0 Å². The SMILES string of the molecule is O=C1c2ccccc2N=CC2CC(F)(F)CN12. The molecule has 0 saturated carbocycles. The quantitative estimate of drug-likeness (QED) is 0.680. The molecule has 0 spiro atoms. The van der Waals surface area contributed by atoms with Gasteiger partial charge in [0.15, 0.2) is 0 Å². The van der Waals surface area contributed by atoms with Crippen LogP contribution in [0.15, 0.2) is 29.3 Å². The van der Waals surface area contributed by atoms with E-state index in [1.165, 1.54) is 11.1 Å². The first-order valence-electron chi connectivity index (χ1n) is 5.39. The third-order valence-electron chi connectivity index (χ3n) is 3.09. The first-order chi connectivity index (χ1) is 8.07. The predicted octanol–water partition coefficient (Wildman–Crippen LogP) is 2.25. The van der Waals surface area contributed by atoms with E-state index in [9.17, 15) is 13.6 Å². The fourth-order valence-electron chi connectivity index (χ4n) is 2.29. The van der Waals surface area contributed by atoms with E-state index < -0.39 is 18.5 Å². The van der Waals surface area contributed by atoms with Gasteiger partial charge in [0.25, 0.3) is 11.8 Å². The molecule has 1 aromatic carbocycles. The van der Waals surface area contributed by atoms with Crippen LogP contribution in [0.2, 0.25) is 0 Å². The summed E-state index contributed by atoms with van der Waals surface area (Å²) in [4.78, 5) is 17.4. The lowest BCUT2D eigenvalue weighted by Gasteiger charge is -2.19. The van der Waals surface area contributed by atoms with E-state index in [1.807, 2.05) is 0 Å². The number of amides is 1. The molecule has 1 amide bonds. The molecule has 2 aliphatic heterocycles. The van der Waals surface area contributed by atoms with Crippen LogP contribution in [-0.2, 0) is 0 Å². The third-order valence-corrected chi connectivity index (χ3v) is 3.09. The Kier molecular flexibility index (Phi) is 2.05. The smallest absolute Gasteiger partial charge is 0.267 e. The Morgan fingerprint density at radius 2 is 2.12 bits per heavy atom. The summed E-state index contributed by atoms with van der Waals surface area (Å²) in [7, 11) is 0. The Bertz CT molecular complexity index is 513. The summed E-state index contributed by atoms with van der Waals surface area (Å²) in [5, 5.41) is 0. The summed E-state index contributed by atoms with van der Waals surface area (Å²) in [6.45, 7) is -0.517. The van der Waals surface area contributed by atoms with Gasteiger partial charge in [-0.05, 0) is 12.1 Å². The fraction of sp³-hybridized carbons (Fsp3) is 0.333. The van der Waals surface area contributed by atoms with Crippen molar-refractivity contribution < 1.29 is 13.6 Å². The number of alkyl halides is 2. The van der Waals surface area contributed by atoms with Crippen LogP contribution in [0.25, 0.3) is 0 Å². The molecule has 1 aromatic rings. The number of halogens is 2. The van der Waals surface area contributed by atoms with Crippen LogP contribution in [0, 0.1) is 0 Å². The van der Waals surface area contributed by atoms with Crippen LogP contribution in [0.4, 0.5) is 14.5 Å². The first kappa shape index (κ1) is 10.4. The van der Waals surface area contributed by atoms with Crippen molar-refractivity contribution in [3.8, 4) is 0 Å². The summed E-state index contributed by atoms with van der Waals surface area (Å²) >= 11 is 0. The molecule has 2 heterocycles. The van der Waals surface area contributed by atoms with Gasteiger partial charge in [-0.1, -0.05) is 12.1 Å². The molecule has 5 heteroatoms.